The second-order valence-electron chi connectivity index (χ2n) is 5.97. The summed E-state index contributed by atoms with van der Waals surface area (Å²) >= 11 is 12.0. The van der Waals surface area contributed by atoms with Gasteiger partial charge in [0, 0.05) is 19.3 Å². The minimum atomic E-state index is -0.509. The number of esters is 1. The van der Waals surface area contributed by atoms with E-state index in [1.54, 1.807) is 10.6 Å². The molecule has 0 amide bonds. The number of hydrogen-bond donors (Lipinski definition) is 2. The molecule has 0 aromatic carbocycles. The fourth-order valence-corrected chi connectivity index (χ4v) is 2.19. The van der Waals surface area contributed by atoms with Crippen LogP contribution in [0.15, 0.2) is 11.1 Å². The largest absolute Gasteiger partial charge is 0.459 e. The van der Waals surface area contributed by atoms with Gasteiger partial charge in [-0.2, -0.15) is 0 Å². The van der Waals surface area contributed by atoms with E-state index in [1.807, 2.05) is 34.7 Å². The Kier molecular flexibility index (Phi) is 7.22. The quantitative estimate of drug-likeness (QED) is 0.480. The monoisotopic (exact) mass is 362 g/mol. The molecule has 0 bridgehead atoms. The predicted octanol–water partition coefficient (Wildman–Crippen LogP) is 2.73. The molecule has 0 aliphatic carbocycles. The van der Waals surface area contributed by atoms with E-state index >= 15 is 0 Å². The number of nitrogens with one attached hydrogen (secondary N) is 2. The lowest BCUT2D eigenvalue weighted by molar-refractivity contribution is -0.153. The van der Waals surface area contributed by atoms with Crippen molar-refractivity contribution in [1.82, 2.24) is 15.2 Å². The van der Waals surface area contributed by atoms with Gasteiger partial charge in [0.25, 0.3) is 0 Å². The van der Waals surface area contributed by atoms with E-state index < -0.39 is 5.60 Å². The van der Waals surface area contributed by atoms with E-state index in [0.717, 1.165) is 5.69 Å². The first-order chi connectivity index (χ1) is 10.6. The van der Waals surface area contributed by atoms with Gasteiger partial charge in [0.15, 0.2) is 5.96 Å². The van der Waals surface area contributed by atoms with Gasteiger partial charge >= 0.3 is 5.97 Å². The van der Waals surface area contributed by atoms with Crippen molar-refractivity contribution in [3.8, 4) is 0 Å². The molecule has 0 atom stereocenters. The first-order valence-electron chi connectivity index (χ1n) is 7.37. The van der Waals surface area contributed by atoms with E-state index in [2.05, 4.69) is 15.6 Å². The van der Waals surface area contributed by atoms with Crippen LogP contribution in [-0.2, 0) is 23.1 Å². The van der Waals surface area contributed by atoms with Crippen molar-refractivity contribution < 1.29 is 9.53 Å². The van der Waals surface area contributed by atoms with Gasteiger partial charge in [-0.3, -0.25) is 4.79 Å². The number of aliphatic imine (C=N–C) groups is 1. The van der Waals surface area contributed by atoms with Gasteiger partial charge in [-0.05, 0) is 33.8 Å². The van der Waals surface area contributed by atoms with Crippen molar-refractivity contribution in [2.24, 2.45) is 12.0 Å². The lowest BCUT2D eigenvalue weighted by Crippen LogP contribution is -2.41. The smallest absolute Gasteiger partial charge is 0.325 e. The van der Waals surface area contributed by atoms with Gasteiger partial charge in [0.1, 0.15) is 17.3 Å². The molecule has 0 radical (unpaired) electrons. The van der Waals surface area contributed by atoms with E-state index in [9.17, 15) is 4.79 Å². The van der Waals surface area contributed by atoms with Crippen LogP contribution in [-0.4, -0.2) is 35.2 Å². The summed E-state index contributed by atoms with van der Waals surface area (Å²) < 4.78 is 7.01. The lowest BCUT2D eigenvalue weighted by Gasteiger charge is -2.20. The third-order valence-electron chi connectivity index (χ3n) is 2.78. The van der Waals surface area contributed by atoms with Crippen LogP contribution in [0.1, 0.15) is 33.4 Å². The zero-order valence-electron chi connectivity index (χ0n) is 14.2. The van der Waals surface area contributed by atoms with Crippen molar-refractivity contribution in [2.75, 3.05) is 13.1 Å². The second-order valence-corrected chi connectivity index (χ2v) is 6.73. The van der Waals surface area contributed by atoms with Crippen molar-refractivity contribution in [3.05, 3.63) is 21.9 Å². The Morgan fingerprint density at radius 3 is 2.48 bits per heavy atom. The van der Waals surface area contributed by atoms with Crippen LogP contribution in [0.2, 0.25) is 10.2 Å². The van der Waals surface area contributed by atoms with Gasteiger partial charge in [-0.15, -0.1) is 0 Å². The first kappa shape index (κ1) is 19.6. The molecule has 130 valence electrons. The highest BCUT2D eigenvalue weighted by Crippen LogP contribution is 2.25. The van der Waals surface area contributed by atoms with E-state index in [1.165, 1.54) is 0 Å². The Bertz CT molecular complexity index is 577. The normalized spacial score (nSPS) is 12.2. The molecule has 0 fully saturated rings. The number of halogens is 2. The summed E-state index contributed by atoms with van der Waals surface area (Å²) in [5, 5.41) is 6.98. The molecule has 1 rings (SSSR count). The number of guanidine groups is 1. The molecule has 0 aliphatic rings. The second kappa shape index (κ2) is 8.45. The molecule has 1 aromatic rings. The van der Waals surface area contributed by atoms with Crippen LogP contribution in [0.5, 0.6) is 0 Å². The highest BCUT2D eigenvalue weighted by molar-refractivity contribution is 6.41. The third kappa shape index (κ3) is 6.71. The molecule has 0 saturated carbocycles. The average Bonchev–Trinajstić information content (AvgIpc) is 2.67. The minimum absolute atomic E-state index is 0.0394. The van der Waals surface area contributed by atoms with Crippen molar-refractivity contribution in [3.63, 3.8) is 0 Å². The Hall–Kier alpha value is -1.40. The topological polar surface area (TPSA) is 67.7 Å². The molecule has 0 unspecified atom stereocenters. The van der Waals surface area contributed by atoms with E-state index in [-0.39, 0.29) is 12.5 Å². The van der Waals surface area contributed by atoms with Gasteiger partial charge in [-0.1, -0.05) is 23.2 Å². The first-order valence-corrected chi connectivity index (χ1v) is 8.13. The number of nitrogens with zero attached hydrogens (tertiary/aromatic N) is 2. The summed E-state index contributed by atoms with van der Waals surface area (Å²) in [6, 6.07) is 1.77. The molecule has 0 saturated heterocycles. The van der Waals surface area contributed by atoms with Gasteiger partial charge in [-0.25, -0.2) is 4.99 Å². The number of aromatic nitrogens is 1. The number of carbonyl (C=O) groups excluding carboxylic acids is 1. The summed E-state index contributed by atoms with van der Waals surface area (Å²) in [5.74, 6) is 0.180. The zero-order valence-corrected chi connectivity index (χ0v) is 15.7. The summed E-state index contributed by atoms with van der Waals surface area (Å²) in [5.41, 5.74) is 0.361. The highest BCUT2D eigenvalue weighted by Gasteiger charge is 2.16. The van der Waals surface area contributed by atoms with Crippen LogP contribution in [0.3, 0.4) is 0 Å². The van der Waals surface area contributed by atoms with Crippen LogP contribution in [0, 0.1) is 0 Å². The highest BCUT2D eigenvalue weighted by atomic mass is 35.5. The standard InChI is InChI=1S/C15H24Cl2N4O2/c1-6-18-14(20-9-12(22)23-15(2,3)4)19-8-10-7-11(16)13(17)21(10)5/h7H,6,8-9H2,1-5H3,(H2,18,19,20). The predicted molar refractivity (Wildman–Crippen MR) is 94.1 cm³/mol. The van der Waals surface area contributed by atoms with Crippen LogP contribution in [0.25, 0.3) is 0 Å². The van der Waals surface area contributed by atoms with Gasteiger partial charge in [0.2, 0.25) is 0 Å². The Balaban J connectivity index is 2.66. The van der Waals surface area contributed by atoms with Crippen LogP contribution in [0.4, 0.5) is 0 Å². The maximum absolute atomic E-state index is 11.7. The molecule has 0 aliphatic heterocycles. The number of ether oxygens (including phenoxy) is 1. The van der Waals surface area contributed by atoms with Crippen LogP contribution < -0.4 is 10.6 Å². The van der Waals surface area contributed by atoms with Crippen molar-refractivity contribution >= 4 is 35.1 Å². The molecule has 23 heavy (non-hydrogen) atoms. The maximum atomic E-state index is 11.7. The van der Waals surface area contributed by atoms with E-state index in [4.69, 9.17) is 27.9 Å². The van der Waals surface area contributed by atoms with Gasteiger partial charge < -0.3 is 19.9 Å². The number of carbonyl (C=O) groups is 1. The average molecular weight is 363 g/mol. The Labute approximate surface area is 147 Å². The van der Waals surface area contributed by atoms with Crippen LogP contribution >= 0.6 is 23.2 Å². The molecule has 1 aromatic heterocycles. The van der Waals surface area contributed by atoms with Crippen molar-refractivity contribution in [2.45, 2.75) is 39.8 Å². The van der Waals surface area contributed by atoms with Gasteiger partial charge in [0.05, 0.1) is 11.6 Å². The molecular weight excluding hydrogens is 339 g/mol. The number of hydrogen-bond acceptors (Lipinski definition) is 3. The summed E-state index contributed by atoms with van der Waals surface area (Å²) in [7, 11) is 1.82. The fraction of sp³-hybridized carbons (Fsp3) is 0.600. The summed E-state index contributed by atoms with van der Waals surface area (Å²) in [6.45, 7) is 8.52. The van der Waals surface area contributed by atoms with E-state index in [0.29, 0.717) is 29.2 Å². The lowest BCUT2D eigenvalue weighted by atomic mass is 10.2. The molecule has 0 spiro atoms. The minimum Gasteiger partial charge on any atom is -0.459 e. The molecule has 8 heteroatoms. The summed E-state index contributed by atoms with van der Waals surface area (Å²) in [6.07, 6.45) is 0. The van der Waals surface area contributed by atoms with Crippen molar-refractivity contribution in [1.29, 1.82) is 0 Å². The molecular formula is C15H24Cl2N4O2. The fourth-order valence-electron chi connectivity index (χ4n) is 1.78. The Morgan fingerprint density at radius 2 is 2.00 bits per heavy atom. The zero-order chi connectivity index (χ0) is 17.6. The maximum Gasteiger partial charge on any atom is 0.325 e. The Morgan fingerprint density at radius 1 is 1.35 bits per heavy atom. The third-order valence-corrected chi connectivity index (χ3v) is 3.62. The molecule has 2 N–H and O–H groups in total. The molecule has 6 nitrogen and oxygen atoms in total. The molecule has 1 heterocycles. The number of rotatable bonds is 5. The summed E-state index contributed by atoms with van der Waals surface area (Å²) in [4.78, 5) is 16.2. The SMILES string of the molecule is CCNC(=NCc1cc(Cl)c(Cl)n1C)NCC(=O)OC(C)(C)C.